The van der Waals surface area contributed by atoms with Crippen molar-refractivity contribution in [3.05, 3.63) is 111 Å². The fourth-order valence-electron chi connectivity index (χ4n) is 5.22. The molecule has 0 spiro atoms. The van der Waals surface area contributed by atoms with Crippen LogP contribution in [0.1, 0.15) is 48.2 Å². The summed E-state index contributed by atoms with van der Waals surface area (Å²) in [6.45, 7) is 2.14. The van der Waals surface area contributed by atoms with Gasteiger partial charge in [-0.05, 0) is 72.2 Å². The lowest BCUT2D eigenvalue weighted by Crippen LogP contribution is -2.43. The molecule has 0 aliphatic heterocycles. The number of carboxylic acid groups (broad SMARTS) is 1. The third-order valence-corrected chi connectivity index (χ3v) is 10.3. The number of hydrogen-bond donors (Lipinski definition) is 2. The molecule has 0 unspecified atom stereocenters. The van der Waals surface area contributed by atoms with Gasteiger partial charge in [-0.25, -0.2) is 35.2 Å². The molecule has 288 valence electrons. The molecule has 4 aromatic carbocycles. The molecule has 1 saturated carbocycles. The van der Waals surface area contributed by atoms with Gasteiger partial charge in [-0.3, -0.25) is 4.79 Å². The lowest BCUT2D eigenvalue weighted by Gasteiger charge is -2.28. The van der Waals surface area contributed by atoms with Crippen molar-refractivity contribution in [3.63, 3.8) is 0 Å². The van der Waals surface area contributed by atoms with Crippen LogP contribution in [0.2, 0.25) is 5.02 Å². The first-order valence-electron chi connectivity index (χ1n) is 16.5. The fraction of sp³-hybridized carbons (Fsp3) is 0.297. The van der Waals surface area contributed by atoms with E-state index in [1.54, 1.807) is 18.2 Å². The van der Waals surface area contributed by atoms with Gasteiger partial charge in [0.2, 0.25) is 21.7 Å². The smallest absolute Gasteiger partial charge is 0.339 e. The Labute approximate surface area is 312 Å². The number of nitrogens with zero attached hydrogens (tertiary/aromatic N) is 2. The third kappa shape index (κ3) is 9.40. The van der Waals surface area contributed by atoms with E-state index in [2.05, 4.69) is 0 Å². The number of anilines is 1. The van der Waals surface area contributed by atoms with E-state index >= 15 is 8.78 Å². The Morgan fingerprint density at radius 3 is 1.98 bits per heavy atom. The van der Waals surface area contributed by atoms with E-state index in [9.17, 15) is 41.4 Å². The van der Waals surface area contributed by atoms with Crippen molar-refractivity contribution in [2.75, 3.05) is 24.7 Å². The van der Waals surface area contributed by atoms with Crippen molar-refractivity contribution in [1.29, 1.82) is 0 Å². The molecule has 0 atom stereocenters. The molecule has 1 aliphatic rings. The van der Waals surface area contributed by atoms with Crippen LogP contribution in [-0.2, 0) is 27.9 Å². The standard InChI is InChI=1S/C37H34ClF5N2O8S/c1-20(2)18-52-26-11-23(12-27(14-26)53-19-22-3-4-22)16-45(25-9-10-28(37(48)49)29(46)13-25)30(47)17-44(15-21-5-7-24(38)8-6-21)54(50,51)36-34(42)32(40)31(39)33(41)35(36)43/h5-14,20,22,46H,3-4,15-19H2,1-2H3,(H,48,49). The highest BCUT2D eigenvalue weighted by Gasteiger charge is 2.39. The summed E-state index contributed by atoms with van der Waals surface area (Å²) in [6.07, 6.45) is 1.99. The molecule has 54 heavy (non-hydrogen) atoms. The molecule has 2 N–H and O–H groups in total. The van der Waals surface area contributed by atoms with Crippen LogP contribution in [0.5, 0.6) is 17.2 Å². The summed E-state index contributed by atoms with van der Waals surface area (Å²) < 4.78 is 112. The van der Waals surface area contributed by atoms with E-state index in [-0.39, 0.29) is 33.0 Å². The maximum Gasteiger partial charge on any atom is 0.339 e. The average Bonchev–Trinajstić information content (AvgIpc) is 3.95. The summed E-state index contributed by atoms with van der Waals surface area (Å²) in [5, 5.41) is 20.2. The van der Waals surface area contributed by atoms with Crippen LogP contribution in [-0.4, -0.2) is 54.6 Å². The van der Waals surface area contributed by atoms with Crippen molar-refractivity contribution in [3.8, 4) is 17.2 Å². The lowest BCUT2D eigenvalue weighted by atomic mass is 10.1. The number of ether oxygens (including phenoxy) is 2. The van der Waals surface area contributed by atoms with E-state index in [1.807, 2.05) is 13.8 Å². The molecule has 0 saturated heterocycles. The number of hydrogen-bond acceptors (Lipinski definition) is 7. The minimum absolute atomic E-state index is 0.113. The van der Waals surface area contributed by atoms with Gasteiger partial charge < -0.3 is 24.6 Å². The van der Waals surface area contributed by atoms with Gasteiger partial charge in [0.1, 0.15) is 22.8 Å². The minimum Gasteiger partial charge on any atom is -0.507 e. The lowest BCUT2D eigenvalue weighted by molar-refractivity contribution is -0.119. The number of rotatable bonds is 16. The topological polar surface area (TPSA) is 134 Å². The number of carbonyl (C=O) groups excluding carboxylic acids is 1. The summed E-state index contributed by atoms with van der Waals surface area (Å²) in [6, 6.07) is 13.2. The molecule has 5 rings (SSSR count). The quantitative estimate of drug-likeness (QED) is 0.0670. The Hall–Kier alpha value is -4.93. The van der Waals surface area contributed by atoms with Crippen LogP contribution in [0.3, 0.4) is 0 Å². The number of aromatic hydroxyl groups is 1. The number of halogens is 6. The normalized spacial score (nSPS) is 13.0. The van der Waals surface area contributed by atoms with Gasteiger partial charge in [-0.2, -0.15) is 4.31 Å². The molecule has 1 amide bonds. The minimum atomic E-state index is -5.69. The van der Waals surface area contributed by atoms with E-state index in [0.717, 1.165) is 35.9 Å². The van der Waals surface area contributed by atoms with Gasteiger partial charge in [-0.1, -0.05) is 37.6 Å². The number of aromatic carboxylic acids is 1. The molecule has 0 radical (unpaired) electrons. The molecule has 0 heterocycles. The second kappa shape index (κ2) is 16.6. The zero-order valence-electron chi connectivity index (χ0n) is 28.8. The second-order valence-corrected chi connectivity index (χ2v) is 15.4. The Morgan fingerprint density at radius 2 is 1.43 bits per heavy atom. The summed E-state index contributed by atoms with van der Waals surface area (Å²) >= 11 is 5.95. The second-order valence-electron chi connectivity index (χ2n) is 13.1. The Morgan fingerprint density at radius 1 is 0.833 bits per heavy atom. The zero-order chi connectivity index (χ0) is 39.5. The molecule has 10 nitrogen and oxygen atoms in total. The molecule has 1 fully saturated rings. The summed E-state index contributed by atoms with van der Waals surface area (Å²) in [4.78, 5) is 24.7. The number of sulfonamides is 1. The first-order valence-corrected chi connectivity index (χ1v) is 18.3. The average molecular weight is 797 g/mol. The Kier molecular flexibility index (Phi) is 12.4. The number of carboxylic acids is 1. The first kappa shape index (κ1) is 40.3. The van der Waals surface area contributed by atoms with Gasteiger partial charge in [0.05, 0.1) is 26.3 Å². The van der Waals surface area contributed by atoms with E-state index in [1.165, 1.54) is 24.3 Å². The van der Waals surface area contributed by atoms with Crippen molar-refractivity contribution in [2.24, 2.45) is 11.8 Å². The van der Waals surface area contributed by atoms with Gasteiger partial charge in [0, 0.05) is 29.4 Å². The van der Waals surface area contributed by atoms with Crippen molar-refractivity contribution in [2.45, 2.75) is 44.7 Å². The molecular formula is C37H34ClF5N2O8S. The predicted octanol–water partition coefficient (Wildman–Crippen LogP) is 7.69. The van der Waals surface area contributed by atoms with Crippen LogP contribution in [0.4, 0.5) is 27.6 Å². The molecule has 17 heteroatoms. The van der Waals surface area contributed by atoms with Crippen molar-refractivity contribution < 1.29 is 59.6 Å². The SMILES string of the molecule is CC(C)COc1cc(CN(C(=O)CN(Cc2ccc(Cl)cc2)S(=O)(=O)c2c(F)c(F)c(F)c(F)c2F)c2ccc(C(=O)O)c(O)c2)cc(OCC2CC2)c1. The van der Waals surface area contributed by atoms with Crippen LogP contribution in [0, 0.1) is 40.9 Å². The highest BCUT2D eigenvalue weighted by Crippen LogP contribution is 2.34. The Balaban J connectivity index is 1.60. The largest absolute Gasteiger partial charge is 0.507 e. The van der Waals surface area contributed by atoms with E-state index in [0.29, 0.717) is 36.2 Å². The third-order valence-electron chi connectivity index (χ3n) is 8.22. The van der Waals surface area contributed by atoms with Crippen LogP contribution < -0.4 is 14.4 Å². The van der Waals surface area contributed by atoms with Gasteiger partial charge in [0.25, 0.3) is 0 Å². The fourth-order valence-corrected chi connectivity index (χ4v) is 6.84. The highest BCUT2D eigenvalue weighted by molar-refractivity contribution is 7.89. The maximum atomic E-state index is 15.0. The number of phenols is 1. The highest BCUT2D eigenvalue weighted by atomic mass is 35.5. The summed E-state index contributed by atoms with van der Waals surface area (Å²) in [5.41, 5.74) is -0.188. The molecule has 4 aromatic rings. The summed E-state index contributed by atoms with van der Waals surface area (Å²) in [7, 11) is -5.69. The van der Waals surface area contributed by atoms with Crippen molar-refractivity contribution >= 4 is 39.2 Å². The number of carbonyl (C=O) groups is 2. The Bertz CT molecular complexity index is 2120. The van der Waals surface area contributed by atoms with Crippen molar-refractivity contribution in [1.82, 2.24) is 4.31 Å². The van der Waals surface area contributed by atoms with Crippen LogP contribution in [0.25, 0.3) is 0 Å². The molecule has 1 aliphatic carbocycles. The predicted molar refractivity (Wildman–Crippen MR) is 187 cm³/mol. The summed E-state index contributed by atoms with van der Waals surface area (Å²) in [5.74, 6) is -15.0. The van der Waals surface area contributed by atoms with Gasteiger partial charge in [0.15, 0.2) is 28.2 Å². The molecular weight excluding hydrogens is 763 g/mol. The molecule has 0 aromatic heterocycles. The molecule has 0 bridgehead atoms. The van der Waals surface area contributed by atoms with E-state index in [4.69, 9.17) is 21.1 Å². The van der Waals surface area contributed by atoms with E-state index < -0.39 is 80.3 Å². The number of benzene rings is 4. The number of amides is 1. The first-order chi connectivity index (χ1) is 25.5. The maximum absolute atomic E-state index is 15.0. The van der Waals surface area contributed by atoms with Crippen LogP contribution in [0.15, 0.2) is 65.6 Å². The van der Waals surface area contributed by atoms with Gasteiger partial charge in [-0.15, -0.1) is 0 Å². The zero-order valence-corrected chi connectivity index (χ0v) is 30.4. The monoisotopic (exact) mass is 796 g/mol. The van der Waals surface area contributed by atoms with Gasteiger partial charge >= 0.3 is 5.97 Å². The van der Waals surface area contributed by atoms with Crippen LogP contribution >= 0.6 is 11.6 Å².